The minimum atomic E-state index is -3.54. The highest BCUT2D eigenvalue weighted by Gasteiger charge is 2.30. The molecule has 2 aromatic carbocycles. The van der Waals surface area contributed by atoms with Gasteiger partial charge in [-0.15, -0.1) is 0 Å². The number of rotatable bonds is 3. The molecule has 1 aliphatic rings. The largest absolute Gasteiger partial charge is 0.336 e. The van der Waals surface area contributed by atoms with Crippen LogP contribution in [0, 0.1) is 13.8 Å². The van der Waals surface area contributed by atoms with E-state index in [1.165, 1.54) is 4.31 Å². The maximum absolute atomic E-state index is 12.9. The van der Waals surface area contributed by atoms with Crippen molar-refractivity contribution < 1.29 is 13.2 Å². The van der Waals surface area contributed by atoms with Gasteiger partial charge >= 0.3 is 0 Å². The molecule has 0 radical (unpaired) electrons. The molecule has 1 saturated heterocycles. The Morgan fingerprint density at radius 3 is 2.14 bits per heavy atom. The summed E-state index contributed by atoms with van der Waals surface area (Å²) < 4.78 is 26.9. The van der Waals surface area contributed by atoms with E-state index in [2.05, 4.69) is 9.97 Å². The standard InChI is InChI=1S/C21H22N4O3S/c1-15-16(2)23-20-14-17(8-9-19(20)22-15)21(26)24-10-12-25(13-11-24)29(27,28)18-6-4-3-5-7-18/h3-9,14H,10-13H2,1-2H3. The van der Waals surface area contributed by atoms with E-state index in [1.54, 1.807) is 53.4 Å². The van der Waals surface area contributed by atoms with Crippen LogP contribution in [0.1, 0.15) is 21.7 Å². The lowest BCUT2D eigenvalue weighted by Crippen LogP contribution is -2.50. The van der Waals surface area contributed by atoms with Gasteiger partial charge in [0.05, 0.1) is 27.3 Å². The van der Waals surface area contributed by atoms with Crippen LogP contribution in [0.4, 0.5) is 0 Å². The summed E-state index contributed by atoms with van der Waals surface area (Å²) in [5.41, 5.74) is 3.68. The number of sulfonamides is 1. The summed E-state index contributed by atoms with van der Waals surface area (Å²) in [5, 5.41) is 0. The van der Waals surface area contributed by atoms with Crippen LogP contribution in [-0.2, 0) is 10.0 Å². The number of fused-ring (bicyclic) bond motifs is 1. The number of nitrogens with zero attached hydrogens (tertiary/aromatic N) is 4. The quantitative estimate of drug-likeness (QED) is 0.662. The molecule has 150 valence electrons. The molecule has 7 nitrogen and oxygen atoms in total. The van der Waals surface area contributed by atoms with Crippen LogP contribution in [-0.4, -0.2) is 59.7 Å². The zero-order valence-electron chi connectivity index (χ0n) is 16.4. The Hall–Kier alpha value is -2.84. The van der Waals surface area contributed by atoms with Gasteiger partial charge in [-0.25, -0.2) is 18.4 Å². The molecule has 1 aliphatic heterocycles. The van der Waals surface area contributed by atoms with Gasteiger partial charge in [0.2, 0.25) is 10.0 Å². The van der Waals surface area contributed by atoms with E-state index >= 15 is 0 Å². The van der Waals surface area contributed by atoms with E-state index in [9.17, 15) is 13.2 Å². The second-order valence-corrected chi connectivity index (χ2v) is 9.05. The number of hydrogen-bond donors (Lipinski definition) is 0. The number of amides is 1. The van der Waals surface area contributed by atoms with Gasteiger partial charge in [0.25, 0.3) is 5.91 Å². The first-order chi connectivity index (χ1) is 13.9. The first kappa shape index (κ1) is 19.5. The molecule has 0 aliphatic carbocycles. The number of aromatic nitrogens is 2. The Morgan fingerprint density at radius 2 is 1.48 bits per heavy atom. The molecular formula is C21H22N4O3S. The lowest BCUT2D eigenvalue weighted by Gasteiger charge is -2.34. The van der Waals surface area contributed by atoms with E-state index in [0.717, 1.165) is 16.9 Å². The summed E-state index contributed by atoms with van der Waals surface area (Å²) >= 11 is 0. The maximum Gasteiger partial charge on any atom is 0.254 e. The van der Waals surface area contributed by atoms with Gasteiger partial charge in [-0.2, -0.15) is 4.31 Å². The van der Waals surface area contributed by atoms with Crippen molar-refractivity contribution in [3.05, 3.63) is 65.5 Å². The van der Waals surface area contributed by atoms with Crippen LogP contribution in [0.15, 0.2) is 53.4 Å². The summed E-state index contributed by atoms with van der Waals surface area (Å²) in [4.78, 5) is 23.9. The third-order valence-electron chi connectivity index (χ3n) is 5.23. The fourth-order valence-corrected chi connectivity index (χ4v) is 4.86. The first-order valence-electron chi connectivity index (χ1n) is 9.46. The number of hydrogen-bond acceptors (Lipinski definition) is 5. The van der Waals surface area contributed by atoms with Crippen LogP contribution < -0.4 is 0 Å². The van der Waals surface area contributed by atoms with Crippen molar-refractivity contribution in [2.45, 2.75) is 18.7 Å². The normalized spacial score (nSPS) is 15.6. The van der Waals surface area contributed by atoms with Gasteiger partial charge in [0.15, 0.2) is 0 Å². The number of carbonyl (C=O) groups excluding carboxylic acids is 1. The zero-order valence-corrected chi connectivity index (χ0v) is 17.2. The van der Waals surface area contributed by atoms with E-state index in [-0.39, 0.29) is 23.9 Å². The molecule has 2 heterocycles. The summed E-state index contributed by atoms with van der Waals surface area (Å²) in [5.74, 6) is -0.122. The molecule has 1 aromatic heterocycles. The lowest BCUT2D eigenvalue weighted by atomic mass is 10.1. The number of aryl methyl sites for hydroxylation is 2. The van der Waals surface area contributed by atoms with Crippen molar-refractivity contribution in [2.75, 3.05) is 26.2 Å². The second-order valence-electron chi connectivity index (χ2n) is 7.11. The Bertz CT molecular complexity index is 1170. The molecule has 8 heteroatoms. The van der Waals surface area contributed by atoms with Gasteiger partial charge in [-0.05, 0) is 44.2 Å². The number of carbonyl (C=O) groups is 1. The van der Waals surface area contributed by atoms with Crippen molar-refractivity contribution in [2.24, 2.45) is 0 Å². The molecular weight excluding hydrogens is 388 g/mol. The Labute approximate surface area is 170 Å². The van der Waals surface area contributed by atoms with Crippen molar-refractivity contribution in [3.63, 3.8) is 0 Å². The lowest BCUT2D eigenvalue weighted by molar-refractivity contribution is 0.0698. The third-order valence-corrected chi connectivity index (χ3v) is 7.14. The molecule has 29 heavy (non-hydrogen) atoms. The minimum Gasteiger partial charge on any atom is -0.336 e. The predicted molar refractivity (Wildman–Crippen MR) is 110 cm³/mol. The SMILES string of the molecule is Cc1nc2ccc(C(=O)N3CCN(S(=O)(=O)c4ccccc4)CC3)cc2nc1C. The van der Waals surface area contributed by atoms with Crippen molar-refractivity contribution in [3.8, 4) is 0 Å². The van der Waals surface area contributed by atoms with E-state index < -0.39 is 10.0 Å². The van der Waals surface area contributed by atoms with Crippen LogP contribution in [0.3, 0.4) is 0 Å². The number of piperazine rings is 1. The molecule has 0 unspecified atom stereocenters. The summed E-state index contributed by atoms with van der Waals surface area (Å²) in [6, 6.07) is 13.7. The second kappa shape index (κ2) is 7.53. The summed E-state index contributed by atoms with van der Waals surface area (Å²) in [6.45, 7) is 5.04. The molecule has 0 atom stereocenters. The van der Waals surface area contributed by atoms with Gasteiger partial charge in [0.1, 0.15) is 0 Å². The first-order valence-corrected chi connectivity index (χ1v) is 10.9. The van der Waals surface area contributed by atoms with Crippen LogP contribution in [0.2, 0.25) is 0 Å². The predicted octanol–water partition coefficient (Wildman–Crippen LogP) is 2.39. The monoisotopic (exact) mass is 410 g/mol. The van der Waals surface area contributed by atoms with Crippen LogP contribution in [0.5, 0.6) is 0 Å². The highest BCUT2D eigenvalue weighted by molar-refractivity contribution is 7.89. The Kier molecular flexibility index (Phi) is 5.06. The highest BCUT2D eigenvalue weighted by atomic mass is 32.2. The molecule has 0 bridgehead atoms. The molecule has 1 amide bonds. The van der Waals surface area contributed by atoms with E-state index in [1.807, 2.05) is 13.8 Å². The molecule has 3 aromatic rings. The highest BCUT2D eigenvalue weighted by Crippen LogP contribution is 2.20. The van der Waals surface area contributed by atoms with Crippen LogP contribution >= 0.6 is 0 Å². The van der Waals surface area contributed by atoms with Crippen molar-refractivity contribution >= 4 is 27.0 Å². The minimum absolute atomic E-state index is 0.122. The van der Waals surface area contributed by atoms with Gasteiger partial charge in [-0.1, -0.05) is 18.2 Å². The zero-order chi connectivity index (χ0) is 20.6. The number of benzene rings is 2. The molecule has 0 spiro atoms. The topological polar surface area (TPSA) is 83.5 Å². The summed E-state index contributed by atoms with van der Waals surface area (Å²) in [7, 11) is -3.54. The van der Waals surface area contributed by atoms with Crippen molar-refractivity contribution in [1.29, 1.82) is 0 Å². The fourth-order valence-electron chi connectivity index (χ4n) is 3.42. The van der Waals surface area contributed by atoms with Crippen LogP contribution in [0.25, 0.3) is 11.0 Å². The average Bonchev–Trinajstić information content (AvgIpc) is 2.74. The van der Waals surface area contributed by atoms with E-state index in [4.69, 9.17) is 0 Å². The molecule has 0 saturated carbocycles. The average molecular weight is 410 g/mol. The van der Waals surface area contributed by atoms with Crippen molar-refractivity contribution in [1.82, 2.24) is 19.2 Å². The van der Waals surface area contributed by atoms with E-state index in [0.29, 0.717) is 24.2 Å². The smallest absolute Gasteiger partial charge is 0.254 e. The molecule has 4 rings (SSSR count). The van der Waals surface area contributed by atoms with Gasteiger partial charge in [0, 0.05) is 31.7 Å². The maximum atomic E-state index is 12.9. The fraction of sp³-hybridized carbons (Fsp3) is 0.286. The third kappa shape index (κ3) is 3.73. The molecule has 1 fully saturated rings. The summed E-state index contributed by atoms with van der Waals surface area (Å²) in [6.07, 6.45) is 0. The Morgan fingerprint density at radius 1 is 0.862 bits per heavy atom. The van der Waals surface area contributed by atoms with Gasteiger partial charge in [-0.3, -0.25) is 4.79 Å². The Balaban J connectivity index is 1.49. The molecule has 0 N–H and O–H groups in total. The van der Waals surface area contributed by atoms with Gasteiger partial charge < -0.3 is 4.90 Å².